The van der Waals surface area contributed by atoms with Crippen LogP contribution in [0.15, 0.2) is 146 Å². The number of benzene rings is 8. The highest BCUT2D eigenvalue weighted by atomic mass is 32.1. The molecule has 2 nitrogen and oxygen atoms in total. The van der Waals surface area contributed by atoms with E-state index in [0.717, 1.165) is 18.7 Å². The topological polar surface area (TPSA) is 17.0 Å². The van der Waals surface area contributed by atoms with E-state index in [1.54, 1.807) is 0 Å². The number of hydrogen-bond donors (Lipinski definition) is 1. The fourth-order valence-electron chi connectivity index (χ4n) is 11.7. The summed E-state index contributed by atoms with van der Waals surface area (Å²) in [6.07, 6.45) is 0. The van der Waals surface area contributed by atoms with Crippen molar-refractivity contribution in [2.24, 2.45) is 0 Å². The van der Waals surface area contributed by atoms with Crippen LogP contribution in [0.5, 0.6) is 0 Å². The minimum Gasteiger partial charge on any atom is -0.355 e. The maximum absolute atomic E-state index is 4.01. The Morgan fingerprint density at radius 3 is 1.90 bits per heavy atom. The van der Waals surface area contributed by atoms with E-state index in [4.69, 9.17) is 0 Å². The van der Waals surface area contributed by atoms with Crippen LogP contribution >= 0.6 is 11.3 Å². The molecule has 0 amide bonds. The van der Waals surface area contributed by atoms with E-state index >= 15 is 0 Å². The molecule has 3 heterocycles. The molecule has 0 bridgehead atoms. The Balaban J connectivity index is 1.11. The first-order valence-corrected chi connectivity index (χ1v) is 23.0. The summed E-state index contributed by atoms with van der Waals surface area (Å²) in [6.45, 7) is 16.4. The third-order valence-electron chi connectivity index (χ3n) is 15.0. The highest BCUT2D eigenvalue weighted by molar-refractivity contribution is 7.25. The molecule has 2 aliphatic carbocycles. The molecule has 0 unspecified atom stereocenters. The van der Waals surface area contributed by atoms with Crippen LogP contribution in [0.2, 0.25) is 0 Å². The van der Waals surface area contributed by atoms with Crippen molar-refractivity contribution in [1.82, 2.24) is 4.57 Å². The number of hydrogen-bond acceptors (Lipinski definition) is 2. The van der Waals surface area contributed by atoms with Crippen molar-refractivity contribution in [2.45, 2.75) is 64.7 Å². The van der Waals surface area contributed by atoms with Gasteiger partial charge in [0.15, 0.2) is 7.28 Å². The number of nitrogens with zero attached hydrogens (tertiary/aromatic N) is 1. The van der Waals surface area contributed by atoms with E-state index in [-0.39, 0.29) is 16.2 Å². The van der Waals surface area contributed by atoms with Gasteiger partial charge in [-0.3, -0.25) is 0 Å². The van der Waals surface area contributed by atoms with Crippen LogP contribution in [-0.2, 0) is 16.2 Å². The molecule has 1 aliphatic heterocycles. The molecule has 3 aliphatic rings. The summed E-state index contributed by atoms with van der Waals surface area (Å²) in [5.41, 5.74) is 23.7. The second kappa shape index (κ2) is 12.2. The van der Waals surface area contributed by atoms with E-state index in [0.29, 0.717) is 0 Å². The normalized spacial score (nSPS) is 15.1. The van der Waals surface area contributed by atoms with Crippen molar-refractivity contribution in [3.8, 4) is 39.1 Å². The maximum Gasteiger partial charge on any atom is 0.198 e. The Kier molecular flexibility index (Phi) is 7.13. The van der Waals surface area contributed by atoms with Crippen LogP contribution < -0.4 is 16.2 Å². The zero-order valence-corrected chi connectivity index (χ0v) is 37.2. The number of nitrogens with one attached hydrogen (secondary N) is 1. The molecule has 1 N–H and O–H groups in total. The number of fused-ring (bicyclic) bond motifs is 14. The number of thiophene rings is 1. The van der Waals surface area contributed by atoms with Gasteiger partial charge in [0, 0.05) is 69.9 Å². The minimum absolute atomic E-state index is 0.0834. The van der Waals surface area contributed by atoms with Gasteiger partial charge in [-0.1, -0.05) is 151 Å². The van der Waals surface area contributed by atoms with Gasteiger partial charge in [0.2, 0.25) is 0 Å². The lowest BCUT2D eigenvalue weighted by molar-refractivity contribution is 0.590. The lowest BCUT2D eigenvalue weighted by atomic mass is 9.58. The third kappa shape index (κ3) is 4.82. The Morgan fingerprint density at radius 2 is 1.18 bits per heavy atom. The molecule has 0 saturated heterocycles. The molecule has 2 aromatic heterocycles. The largest absolute Gasteiger partial charge is 0.355 e. The van der Waals surface area contributed by atoms with Gasteiger partial charge >= 0.3 is 0 Å². The molecule has 62 heavy (non-hydrogen) atoms. The second-order valence-electron chi connectivity index (χ2n) is 20.2. The maximum atomic E-state index is 4.01. The smallest absolute Gasteiger partial charge is 0.198 e. The Bertz CT molecular complexity index is 3610. The van der Waals surface area contributed by atoms with Crippen molar-refractivity contribution >= 4 is 82.9 Å². The summed E-state index contributed by atoms with van der Waals surface area (Å²) in [7, 11) is 0.852. The van der Waals surface area contributed by atoms with Crippen LogP contribution in [0, 0.1) is 0 Å². The predicted molar refractivity (Wildman–Crippen MR) is 269 cm³/mol. The van der Waals surface area contributed by atoms with Crippen LogP contribution in [-0.4, -0.2) is 11.8 Å². The van der Waals surface area contributed by atoms with Crippen LogP contribution in [0.3, 0.4) is 0 Å². The van der Waals surface area contributed by atoms with Crippen molar-refractivity contribution < 1.29 is 0 Å². The monoisotopic (exact) mass is 814 g/mol. The first-order valence-electron chi connectivity index (χ1n) is 22.2. The van der Waals surface area contributed by atoms with Gasteiger partial charge in [0.05, 0.1) is 5.52 Å². The average molecular weight is 815 g/mol. The Labute approximate surface area is 368 Å². The molecule has 0 atom stereocenters. The summed E-state index contributed by atoms with van der Waals surface area (Å²) in [5, 5.41) is 9.33. The van der Waals surface area contributed by atoms with Gasteiger partial charge in [-0.2, -0.15) is 0 Å². The minimum atomic E-state index is -0.123. The summed E-state index contributed by atoms with van der Waals surface area (Å²) in [6, 6.07) is 56.0. The third-order valence-corrected chi connectivity index (χ3v) is 16.1. The predicted octanol–water partition coefficient (Wildman–Crippen LogP) is 14.2. The fraction of sp³-hybridized carbons (Fsp3) is 0.172. The molecule has 10 aromatic rings. The molecular formula is C58H47BN2S. The number of rotatable bonds is 3. The van der Waals surface area contributed by atoms with Crippen LogP contribution in [0.1, 0.15) is 76.3 Å². The lowest BCUT2D eigenvalue weighted by Gasteiger charge is -2.27. The zero-order valence-electron chi connectivity index (χ0n) is 36.4. The highest BCUT2D eigenvalue weighted by Gasteiger charge is 2.39. The Hall–Kier alpha value is -6.36. The summed E-state index contributed by atoms with van der Waals surface area (Å²) < 4.78 is 5.34. The van der Waals surface area contributed by atoms with E-state index in [9.17, 15) is 0 Å². The number of aromatic nitrogens is 1. The SMILES string of the molecule is CC(C)(C)c1ccc(Nc2cc3c(cc2-c2ccc4c5cc6sc7ccccc7c6cc5n5c4c2Bc2cc4c(cc2-5)C(C)(C)c2ccccc2-4)-c2ccccc2C3(C)C)cc1. The molecule has 0 radical (unpaired) electrons. The van der Waals surface area contributed by atoms with Gasteiger partial charge in [0.25, 0.3) is 0 Å². The van der Waals surface area contributed by atoms with Gasteiger partial charge < -0.3 is 9.88 Å². The van der Waals surface area contributed by atoms with Crippen LogP contribution in [0.25, 0.3) is 81.0 Å². The molecule has 8 aromatic carbocycles. The molecule has 4 heteroatoms. The lowest BCUT2D eigenvalue weighted by Crippen LogP contribution is -2.37. The quantitative estimate of drug-likeness (QED) is 0.176. The fourth-order valence-corrected chi connectivity index (χ4v) is 12.8. The van der Waals surface area contributed by atoms with Crippen LogP contribution in [0.4, 0.5) is 11.4 Å². The van der Waals surface area contributed by atoms with Gasteiger partial charge in [-0.05, 0) is 115 Å². The van der Waals surface area contributed by atoms with E-state index in [1.165, 1.54) is 120 Å². The molecular weight excluding hydrogens is 768 g/mol. The molecule has 0 saturated carbocycles. The van der Waals surface area contributed by atoms with Gasteiger partial charge in [-0.15, -0.1) is 11.3 Å². The van der Waals surface area contributed by atoms with E-state index < -0.39 is 0 Å². The summed E-state index contributed by atoms with van der Waals surface area (Å²) in [5.74, 6) is 0. The zero-order chi connectivity index (χ0) is 42.0. The molecule has 0 spiro atoms. The van der Waals surface area contributed by atoms with Crippen molar-refractivity contribution in [3.05, 3.63) is 173 Å². The van der Waals surface area contributed by atoms with Gasteiger partial charge in [-0.25, -0.2) is 0 Å². The highest BCUT2D eigenvalue weighted by Crippen LogP contribution is 2.53. The first kappa shape index (κ1) is 36.3. The summed E-state index contributed by atoms with van der Waals surface area (Å²) >= 11 is 1.91. The van der Waals surface area contributed by atoms with E-state index in [1.807, 2.05) is 11.3 Å². The molecule has 0 fully saturated rings. The van der Waals surface area contributed by atoms with E-state index in [2.05, 4.69) is 204 Å². The molecule has 298 valence electrons. The van der Waals surface area contributed by atoms with Crippen molar-refractivity contribution in [1.29, 1.82) is 0 Å². The van der Waals surface area contributed by atoms with Crippen molar-refractivity contribution in [2.75, 3.05) is 5.32 Å². The first-order chi connectivity index (χ1) is 29.9. The standard InChI is InChI=1S/C58H47BN2S/c1-56(2,3)32-20-22-33(23-21-32)60-49-30-46-39(34-14-8-11-17-44(34)57(46,4)5)26-41(49)37-24-25-38-42-29-53-43(36-16-10-13-19-52(36)62-53)28-50(42)61-51-31-47-40(27-48(51)59-54(37)55(38)61)35-15-9-12-18-45(35)58(47,6)7/h8-31,59-60H,1-7H3. The second-order valence-corrected chi connectivity index (χ2v) is 21.3. The Morgan fingerprint density at radius 1 is 0.516 bits per heavy atom. The van der Waals surface area contributed by atoms with Gasteiger partial charge in [0.1, 0.15) is 0 Å². The number of anilines is 2. The molecule has 13 rings (SSSR count). The summed E-state index contributed by atoms with van der Waals surface area (Å²) in [4.78, 5) is 0. The average Bonchev–Trinajstić information content (AvgIpc) is 3.93. The van der Waals surface area contributed by atoms with Crippen molar-refractivity contribution in [3.63, 3.8) is 0 Å².